The summed E-state index contributed by atoms with van der Waals surface area (Å²) in [6.45, 7) is 2.08. The largest absolute Gasteiger partial charge is 0.508 e. The highest BCUT2D eigenvalue weighted by Crippen LogP contribution is 2.36. The standard InChI is InChI=1S/C11H12O2S/c1-3-7-4-9(12)5-8-6-10(13-2)14-11(7)8/h4-6,12H,3H2,1-2H3. The van der Waals surface area contributed by atoms with Crippen LogP contribution >= 0.6 is 11.3 Å². The molecule has 0 atom stereocenters. The zero-order valence-corrected chi connectivity index (χ0v) is 9.02. The maximum Gasteiger partial charge on any atom is 0.174 e. The highest BCUT2D eigenvalue weighted by molar-refractivity contribution is 7.21. The predicted octanol–water partition coefficient (Wildman–Crippen LogP) is 3.18. The quantitative estimate of drug-likeness (QED) is 0.821. The van der Waals surface area contributed by atoms with Crippen LogP contribution in [0.2, 0.25) is 0 Å². The first kappa shape index (κ1) is 9.34. The molecule has 0 unspecified atom stereocenters. The van der Waals surface area contributed by atoms with Crippen molar-refractivity contribution in [3.8, 4) is 10.8 Å². The molecular formula is C11H12O2S. The van der Waals surface area contributed by atoms with Gasteiger partial charge in [0.15, 0.2) is 5.06 Å². The van der Waals surface area contributed by atoms with Crippen molar-refractivity contribution in [1.82, 2.24) is 0 Å². The fourth-order valence-electron chi connectivity index (χ4n) is 1.55. The summed E-state index contributed by atoms with van der Waals surface area (Å²) in [6.07, 6.45) is 0.925. The lowest BCUT2D eigenvalue weighted by atomic mass is 10.1. The number of rotatable bonds is 2. The highest BCUT2D eigenvalue weighted by atomic mass is 32.1. The average Bonchev–Trinajstić information content (AvgIpc) is 2.59. The number of hydrogen-bond acceptors (Lipinski definition) is 3. The van der Waals surface area contributed by atoms with Crippen LogP contribution in [0.3, 0.4) is 0 Å². The van der Waals surface area contributed by atoms with Gasteiger partial charge in [-0.25, -0.2) is 0 Å². The van der Waals surface area contributed by atoms with Gasteiger partial charge in [0.25, 0.3) is 0 Å². The smallest absolute Gasteiger partial charge is 0.174 e. The molecule has 2 nitrogen and oxygen atoms in total. The Hall–Kier alpha value is -1.22. The summed E-state index contributed by atoms with van der Waals surface area (Å²) in [5.74, 6) is 0.329. The molecule has 0 saturated carbocycles. The molecule has 1 heterocycles. The van der Waals surface area contributed by atoms with Crippen LogP contribution < -0.4 is 4.74 Å². The average molecular weight is 208 g/mol. The third-order valence-corrected chi connectivity index (χ3v) is 3.43. The van der Waals surface area contributed by atoms with E-state index in [1.54, 1.807) is 24.5 Å². The van der Waals surface area contributed by atoms with E-state index in [1.165, 1.54) is 10.3 Å². The third kappa shape index (κ3) is 1.44. The highest BCUT2D eigenvalue weighted by Gasteiger charge is 2.07. The van der Waals surface area contributed by atoms with E-state index in [-0.39, 0.29) is 0 Å². The third-order valence-electron chi connectivity index (χ3n) is 2.24. The van der Waals surface area contributed by atoms with Gasteiger partial charge in [-0.15, -0.1) is 0 Å². The lowest BCUT2D eigenvalue weighted by Gasteiger charge is -1.99. The number of aromatic hydroxyl groups is 1. The summed E-state index contributed by atoms with van der Waals surface area (Å²) in [4.78, 5) is 0. The SMILES string of the molecule is CCc1cc(O)cc2cc(OC)sc12. The molecule has 0 bridgehead atoms. The van der Waals surface area contributed by atoms with Crippen molar-refractivity contribution < 1.29 is 9.84 Å². The van der Waals surface area contributed by atoms with Crippen molar-refractivity contribution in [2.45, 2.75) is 13.3 Å². The fraction of sp³-hybridized carbons (Fsp3) is 0.273. The molecular weight excluding hydrogens is 196 g/mol. The molecule has 1 aromatic heterocycles. The number of phenolic OH excluding ortho intramolecular Hbond substituents is 1. The number of thiophene rings is 1. The van der Waals surface area contributed by atoms with Crippen LogP contribution in [-0.2, 0) is 6.42 Å². The molecule has 3 heteroatoms. The van der Waals surface area contributed by atoms with Crippen LogP contribution in [0.1, 0.15) is 12.5 Å². The van der Waals surface area contributed by atoms with Crippen molar-refractivity contribution in [3.05, 3.63) is 23.8 Å². The summed E-state index contributed by atoms with van der Waals surface area (Å²) >= 11 is 1.62. The van der Waals surface area contributed by atoms with Gasteiger partial charge in [-0.1, -0.05) is 18.3 Å². The van der Waals surface area contributed by atoms with Gasteiger partial charge in [0, 0.05) is 10.1 Å². The zero-order chi connectivity index (χ0) is 10.1. The van der Waals surface area contributed by atoms with Crippen LogP contribution in [0.25, 0.3) is 10.1 Å². The van der Waals surface area contributed by atoms with Crippen molar-refractivity contribution in [3.63, 3.8) is 0 Å². The zero-order valence-electron chi connectivity index (χ0n) is 8.20. The first-order valence-electron chi connectivity index (χ1n) is 4.54. The van der Waals surface area contributed by atoms with E-state index < -0.39 is 0 Å². The minimum Gasteiger partial charge on any atom is -0.508 e. The predicted molar refractivity (Wildman–Crippen MR) is 59.4 cm³/mol. The van der Waals surface area contributed by atoms with Crippen molar-refractivity contribution in [2.24, 2.45) is 0 Å². The van der Waals surface area contributed by atoms with E-state index in [4.69, 9.17) is 4.74 Å². The van der Waals surface area contributed by atoms with Crippen LogP contribution in [0.5, 0.6) is 10.8 Å². The second-order valence-corrected chi connectivity index (χ2v) is 4.16. The van der Waals surface area contributed by atoms with E-state index in [2.05, 4.69) is 6.92 Å². The lowest BCUT2D eigenvalue weighted by molar-refractivity contribution is 0.427. The van der Waals surface area contributed by atoms with E-state index in [1.807, 2.05) is 12.1 Å². The second kappa shape index (κ2) is 3.50. The Morgan fingerprint density at radius 2 is 2.14 bits per heavy atom. The minimum atomic E-state index is 0.329. The van der Waals surface area contributed by atoms with Gasteiger partial charge in [0.2, 0.25) is 0 Å². The summed E-state index contributed by atoms with van der Waals surface area (Å²) < 4.78 is 6.39. The molecule has 14 heavy (non-hydrogen) atoms. The van der Waals surface area contributed by atoms with Gasteiger partial charge in [-0.3, -0.25) is 0 Å². The summed E-state index contributed by atoms with van der Waals surface area (Å²) in [5.41, 5.74) is 1.17. The maximum absolute atomic E-state index is 9.49. The summed E-state index contributed by atoms with van der Waals surface area (Å²) in [5, 5.41) is 11.4. The monoisotopic (exact) mass is 208 g/mol. The number of phenols is 1. The number of ether oxygens (including phenoxy) is 1. The molecule has 0 amide bonds. The Morgan fingerprint density at radius 3 is 2.79 bits per heavy atom. The normalized spacial score (nSPS) is 10.7. The second-order valence-electron chi connectivity index (χ2n) is 3.15. The number of hydrogen-bond donors (Lipinski definition) is 1. The number of aryl methyl sites for hydroxylation is 1. The van der Waals surface area contributed by atoms with Crippen LogP contribution in [0.15, 0.2) is 18.2 Å². The lowest BCUT2D eigenvalue weighted by Crippen LogP contribution is -1.78. The maximum atomic E-state index is 9.49. The Morgan fingerprint density at radius 1 is 1.36 bits per heavy atom. The molecule has 0 fully saturated rings. The molecule has 0 aliphatic heterocycles. The molecule has 0 aliphatic rings. The Kier molecular flexibility index (Phi) is 2.33. The van der Waals surface area contributed by atoms with Crippen molar-refractivity contribution >= 4 is 21.4 Å². The molecule has 1 aromatic carbocycles. The summed E-state index contributed by atoms with van der Waals surface area (Å²) in [7, 11) is 1.66. The molecule has 0 spiro atoms. The number of fused-ring (bicyclic) bond motifs is 1. The van der Waals surface area contributed by atoms with E-state index in [9.17, 15) is 5.11 Å². The van der Waals surface area contributed by atoms with E-state index in [0.717, 1.165) is 16.9 Å². The Bertz CT molecular complexity index is 460. The van der Waals surface area contributed by atoms with Crippen molar-refractivity contribution in [2.75, 3.05) is 7.11 Å². The molecule has 2 rings (SSSR count). The first-order valence-corrected chi connectivity index (χ1v) is 5.35. The molecule has 2 aromatic rings. The molecule has 0 saturated heterocycles. The first-order chi connectivity index (χ1) is 6.74. The van der Waals surface area contributed by atoms with Gasteiger partial charge in [-0.2, -0.15) is 0 Å². The van der Waals surface area contributed by atoms with Gasteiger partial charge >= 0.3 is 0 Å². The topological polar surface area (TPSA) is 29.5 Å². The summed E-state index contributed by atoms with van der Waals surface area (Å²) in [6, 6.07) is 5.55. The van der Waals surface area contributed by atoms with Crippen molar-refractivity contribution in [1.29, 1.82) is 0 Å². The van der Waals surface area contributed by atoms with E-state index >= 15 is 0 Å². The molecule has 1 N–H and O–H groups in total. The van der Waals surface area contributed by atoms with Gasteiger partial charge in [0.05, 0.1) is 7.11 Å². The molecule has 0 radical (unpaired) electrons. The van der Waals surface area contributed by atoms with E-state index in [0.29, 0.717) is 5.75 Å². The number of benzene rings is 1. The minimum absolute atomic E-state index is 0.329. The number of methoxy groups -OCH3 is 1. The molecule has 0 aliphatic carbocycles. The Balaban J connectivity index is 2.71. The van der Waals surface area contributed by atoms with Crippen LogP contribution in [-0.4, -0.2) is 12.2 Å². The van der Waals surface area contributed by atoms with Gasteiger partial charge in [0.1, 0.15) is 5.75 Å². The Labute approximate surface area is 86.8 Å². The van der Waals surface area contributed by atoms with Gasteiger partial charge in [-0.05, 0) is 30.2 Å². The fourth-order valence-corrected chi connectivity index (χ4v) is 2.59. The van der Waals surface area contributed by atoms with Crippen LogP contribution in [0, 0.1) is 0 Å². The van der Waals surface area contributed by atoms with Crippen LogP contribution in [0.4, 0.5) is 0 Å². The van der Waals surface area contributed by atoms with Gasteiger partial charge < -0.3 is 9.84 Å². The molecule has 74 valence electrons.